The predicted molar refractivity (Wildman–Crippen MR) is 30.4 cm³/mol. The summed E-state index contributed by atoms with van der Waals surface area (Å²) in [5.41, 5.74) is 0. The van der Waals surface area contributed by atoms with Gasteiger partial charge in [-0.25, -0.2) is 0 Å². The number of hydrogen-bond donors (Lipinski definition) is 2. The van der Waals surface area contributed by atoms with Crippen molar-refractivity contribution in [2.75, 3.05) is 21.2 Å². The summed E-state index contributed by atoms with van der Waals surface area (Å²) in [6.45, 7) is 0. The molecule has 0 atom stereocenters. The van der Waals surface area contributed by atoms with Crippen LogP contribution in [-0.4, -0.2) is 26.3 Å². The van der Waals surface area contributed by atoms with Crippen LogP contribution in [0.5, 0.6) is 0 Å². The minimum atomic E-state index is 0. The van der Waals surface area contributed by atoms with Crippen molar-refractivity contribution in [3.05, 3.63) is 0 Å². The van der Waals surface area contributed by atoms with Crippen LogP contribution in [-0.2, 0) is 16.5 Å². The first-order valence-electron chi connectivity index (χ1n) is 1.45. The molecule has 0 aliphatic rings. The maximum Gasteiger partial charge on any atom is 0.0319 e. The van der Waals surface area contributed by atoms with E-state index in [1.165, 1.54) is 0 Å². The van der Waals surface area contributed by atoms with Crippen LogP contribution in [0, 0.1) is 0 Å². The summed E-state index contributed by atoms with van der Waals surface area (Å²) < 4.78 is 0. The molecule has 7 heavy (non-hydrogen) atoms. The fourth-order valence-corrected chi connectivity index (χ4v) is 0. The minimum absolute atomic E-state index is 0. The smallest absolute Gasteiger partial charge is 0.0319 e. The summed E-state index contributed by atoms with van der Waals surface area (Å²) >= 11 is 0. The monoisotopic (exact) mass is 171 g/mol. The van der Waals surface area contributed by atoms with Crippen molar-refractivity contribution in [1.82, 2.24) is 5.32 Å². The van der Waals surface area contributed by atoms with Gasteiger partial charge in [-0.2, -0.15) is 0 Å². The number of rotatable bonds is 0. The molecule has 0 aliphatic heterocycles. The van der Waals surface area contributed by atoms with Crippen LogP contribution >= 0.6 is 12.4 Å². The molecule has 0 amide bonds. The Balaban J connectivity index is -0.0000000105. The van der Waals surface area contributed by atoms with Crippen LogP contribution in [0.15, 0.2) is 0 Å². The van der Waals surface area contributed by atoms with Crippen molar-refractivity contribution in [2.45, 2.75) is 0 Å². The van der Waals surface area contributed by atoms with Crippen LogP contribution in [0.4, 0.5) is 0 Å². The van der Waals surface area contributed by atoms with Crippen molar-refractivity contribution in [1.29, 1.82) is 0 Å². The van der Waals surface area contributed by atoms with E-state index >= 15 is 0 Å². The van der Waals surface area contributed by atoms with E-state index in [1.54, 1.807) is 0 Å². The molecule has 0 saturated heterocycles. The fraction of sp³-hybridized carbons (Fsp3) is 1.00. The third kappa shape index (κ3) is 300. The first-order chi connectivity index (χ1) is 2.41. The van der Waals surface area contributed by atoms with E-state index in [2.05, 4.69) is 5.32 Å². The van der Waals surface area contributed by atoms with Crippen molar-refractivity contribution < 1.29 is 21.6 Å². The topological polar surface area (TPSA) is 32.3 Å². The second-order valence-electron chi connectivity index (χ2n) is 0.500. The zero-order valence-electron chi connectivity index (χ0n) is 4.67. The Morgan fingerprint density at radius 3 is 1.14 bits per heavy atom. The summed E-state index contributed by atoms with van der Waals surface area (Å²) in [6, 6.07) is 0. The molecule has 0 aliphatic carbocycles. The van der Waals surface area contributed by atoms with Crippen LogP contribution in [0.1, 0.15) is 0 Å². The zero-order chi connectivity index (χ0) is 4.71. The van der Waals surface area contributed by atoms with Crippen LogP contribution < -0.4 is 5.32 Å². The molecule has 0 unspecified atom stereocenters. The third-order valence-electron chi connectivity index (χ3n) is 0. The van der Waals surface area contributed by atoms with Crippen LogP contribution in [0.3, 0.4) is 0 Å². The summed E-state index contributed by atoms with van der Waals surface area (Å²) in [5, 5.41) is 9.75. The summed E-state index contributed by atoms with van der Waals surface area (Å²) in [4.78, 5) is 0. The Morgan fingerprint density at radius 1 is 1.14 bits per heavy atom. The molecule has 0 aromatic heterocycles. The molecule has 0 rings (SSSR count). The summed E-state index contributed by atoms with van der Waals surface area (Å²) in [6.07, 6.45) is 0. The van der Waals surface area contributed by atoms with Crippen molar-refractivity contribution >= 4 is 12.4 Å². The van der Waals surface area contributed by atoms with Gasteiger partial charge in [-0.3, -0.25) is 0 Å². The van der Waals surface area contributed by atoms with Crippen molar-refractivity contribution in [3.8, 4) is 0 Å². The molecule has 0 heterocycles. The van der Waals surface area contributed by atoms with E-state index in [0.29, 0.717) is 0 Å². The predicted octanol–water partition coefficient (Wildman–Crippen LogP) is -0.137. The van der Waals surface area contributed by atoms with E-state index in [4.69, 9.17) is 5.11 Å². The second kappa shape index (κ2) is 75.1. The number of aliphatic hydroxyl groups excluding tert-OH is 1. The minimum Gasteiger partial charge on any atom is -0.400 e. The van der Waals surface area contributed by atoms with Gasteiger partial charge in [0.25, 0.3) is 0 Å². The van der Waals surface area contributed by atoms with E-state index in [0.717, 1.165) is 7.11 Å². The van der Waals surface area contributed by atoms with Gasteiger partial charge in [0.1, 0.15) is 0 Å². The van der Waals surface area contributed by atoms with Crippen LogP contribution in [0.25, 0.3) is 0 Å². The molecular weight excluding hydrogens is 160 g/mol. The Kier molecular flexibility index (Phi) is 271. The van der Waals surface area contributed by atoms with Gasteiger partial charge in [0.05, 0.1) is 0 Å². The van der Waals surface area contributed by atoms with Crippen molar-refractivity contribution in [3.63, 3.8) is 0 Å². The second-order valence-corrected chi connectivity index (χ2v) is 0.500. The Labute approximate surface area is 61.0 Å². The summed E-state index contributed by atoms with van der Waals surface area (Å²) in [5.74, 6) is 0. The number of aliphatic hydroxyl groups is 1. The fourth-order valence-electron chi connectivity index (χ4n) is 0. The van der Waals surface area contributed by atoms with Gasteiger partial charge in [0.2, 0.25) is 0 Å². The Morgan fingerprint density at radius 2 is 1.14 bits per heavy atom. The van der Waals surface area contributed by atoms with E-state index in [9.17, 15) is 0 Å². The van der Waals surface area contributed by atoms with E-state index in [-0.39, 0.29) is 28.9 Å². The van der Waals surface area contributed by atoms with Gasteiger partial charge >= 0.3 is 0 Å². The molecule has 2 nitrogen and oxygen atoms in total. The van der Waals surface area contributed by atoms with Crippen molar-refractivity contribution in [2.24, 2.45) is 0 Å². The average molecular weight is 172 g/mol. The van der Waals surface area contributed by atoms with E-state index in [1.807, 2.05) is 14.1 Å². The van der Waals surface area contributed by atoms with Gasteiger partial charge in [0.15, 0.2) is 0 Å². The molecule has 0 aromatic rings. The zero-order valence-corrected chi connectivity index (χ0v) is 6.48. The first kappa shape index (κ1) is 25.2. The maximum atomic E-state index is 7.00. The Bertz CT molecular complexity index is 14.9. The van der Waals surface area contributed by atoms with Gasteiger partial charge < -0.3 is 10.4 Å². The Hall–Kier alpha value is 0.704. The maximum absolute atomic E-state index is 7.00. The average Bonchev–Trinajstić information content (AvgIpc) is 1.46. The van der Waals surface area contributed by atoms with Gasteiger partial charge in [0, 0.05) is 23.6 Å². The van der Waals surface area contributed by atoms with Gasteiger partial charge in [-0.05, 0) is 14.1 Å². The molecule has 0 fully saturated rings. The number of halogens is 1. The quantitative estimate of drug-likeness (QED) is 0.499. The largest absolute Gasteiger partial charge is 0.400 e. The molecule has 0 spiro atoms. The standard InChI is InChI=1S/C2H7N.CH4O.ClH.Ni/c1-3-2;1-2;;/h3H,1-2H3;2H,1H3;1H;. The van der Waals surface area contributed by atoms with E-state index < -0.39 is 0 Å². The van der Waals surface area contributed by atoms with Gasteiger partial charge in [-0.15, -0.1) is 12.4 Å². The molecule has 2 N–H and O–H groups in total. The summed E-state index contributed by atoms with van der Waals surface area (Å²) in [7, 11) is 4.75. The third-order valence-corrected chi connectivity index (χ3v) is 0. The number of nitrogens with one attached hydrogen (secondary N) is 1. The van der Waals surface area contributed by atoms with Gasteiger partial charge in [-0.1, -0.05) is 0 Å². The SMILES string of the molecule is CNC.CO.Cl.[Ni]. The number of hydrogen-bond acceptors (Lipinski definition) is 2. The molecule has 0 bridgehead atoms. The molecule has 0 aromatic carbocycles. The van der Waals surface area contributed by atoms with Crippen LogP contribution in [0.2, 0.25) is 0 Å². The molecule has 4 heteroatoms. The molecule has 0 saturated carbocycles. The molecule has 0 radical (unpaired) electrons. The molecule has 52 valence electrons. The first-order valence-corrected chi connectivity index (χ1v) is 1.45. The molecular formula is C3H12ClNNiO. The normalized spacial score (nSPS) is 3.43.